The number of thiocarbonyl (C=S) groups is 1. The number of halogens is 1. The van der Waals surface area contributed by atoms with Crippen LogP contribution in [0.4, 0.5) is 0 Å². The third-order valence-corrected chi connectivity index (χ3v) is 3.02. The van der Waals surface area contributed by atoms with E-state index in [1.54, 1.807) is 25.1 Å². The van der Waals surface area contributed by atoms with Gasteiger partial charge in [-0.25, -0.2) is 4.79 Å². The molecule has 1 aromatic rings. The van der Waals surface area contributed by atoms with E-state index in [2.05, 4.69) is 15.9 Å². The Morgan fingerprint density at radius 2 is 2.29 bits per heavy atom. The summed E-state index contributed by atoms with van der Waals surface area (Å²) in [6.45, 7) is 1.79. The fraction of sp³-hybridized carbons (Fsp3) is 0.214. The van der Waals surface area contributed by atoms with Gasteiger partial charge in [0.2, 0.25) is 0 Å². The van der Waals surface area contributed by atoms with Gasteiger partial charge in [0.25, 0.3) is 0 Å². The van der Waals surface area contributed by atoms with Crippen molar-refractivity contribution >= 4 is 45.2 Å². The second kappa shape index (κ2) is 8.39. The van der Waals surface area contributed by atoms with Crippen LogP contribution in [-0.4, -0.2) is 24.2 Å². The lowest BCUT2D eigenvalue weighted by molar-refractivity contribution is -0.145. The van der Waals surface area contributed by atoms with Gasteiger partial charge in [-0.3, -0.25) is 0 Å². The molecular weight excluding hydrogens is 356 g/mol. The smallest absolute Gasteiger partial charge is 0.344 e. The number of nitrogens with zero attached hydrogens (tertiary/aromatic N) is 1. The summed E-state index contributed by atoms with van der Waals surface area (Å²) in [6.07, 6.45) is 1.51. The highest BCUT2D eigenvalue weighted by Crippen LogP contribution is 2.25. The highest BCUT2D eigenvalue weighted by molar-refractivity contribution is 9.10. The molecule has 1 rings (SSSR count). The molecule has 0 aliphatic rings. The van der Waals surface area contributed by atoms with Crippen LogP contribution in [-0.2, 0) is 9.53 Å². The third kappa shape index (κ3) is 5.53. The first kappa shape index (κ1) is 17.1. The number of rotatable bonds is 6. The number of esters is 1. The molecule has 0 aliphatic carbocycles. The van der Waals surface area contributed by atoms with Crippen LogP contribution in [0.5, 0.6) is 5.75 Å². The van der Waals surface area contributed by atoms with Gasteiger partial charge in [0.05, 0.1) is 12.2 Å². The van der Waals surface area contributed by atoms with Crippen molar-refractivity contribution in [2.24, 2.45) is 5.73 Å². The third-order valence-electron chi connectivity index (χ3n) is 2.31. The van der Waals surface area contributed by atoms with Crippen molar-refractivity contribution in [3.63, 3.8) is 0 Å². The quantitative estimate of drug-likeness (QED) is 0.359. The fourth-order valence-corrected chi connectivity index (χ4v) is 1.90. The van der Waals surface area contributed by atoms with Crippen molar-refractivity contribution in [1.82, 2.24) is 0 Å². The Kier molecular flexibility index (Phi) is 6.85. The predicted octanol–water partition coefficient (Wildman–Crippen LogP) is 2.58. The molecule has 0 saturated carbocycles. The molecular formula is C14H13BrN2O3S. The van der Waals surface area contributed by atoms with Gasteiger partial charge in [-0.05, 0) is 31.2 Å². The Morgan fingerprint density at radius 3 is 2.86 bits per heavy atom. The summed E-state index contributed by atoms with van der Waals surface area (Å²) in [7, 11) is 0. The zero-order chi connectivity index (χ0) is 15.8. The minimum atomic E-state index is -0.467. The largest absolute Gasteiger partial charge is 0.481 e. The number of hydrogen-bond donors (Lipinski definition) is 1. The zero-order valence-electron chi connectivity index (χ0n) is 11.3. The number of carbonyl (C=O) groups excluding carboxylic acids is 1. The van der Waals surface area contributed by atoms with Crippen molar-refractivity contribution in [2.45, 2.75) is 6.92 Å². The zero-order valence-corrected chi connectivity index (χ0v) is 13.7. The molecule has 0 amide bonds. The molecule has 2 N–H and O–H groups in total. The monoisotopic (exact) mass is 368 g/mol. The van der Waals surface area contributed by atoms with Gasteiger partial charge in [-0.1, -0.05) is 28.1 Å². The SMILES string of the molecule is CCOC(=O)COc1ccc(Br)cc1/C=C(\C#N)C(N)=S. The Morgan fingerprint density at radius 1 is 1.57 bits per heavy atom. The summed E-state index contributed by atoms with van der Waals surface area (Å²) in [5, 5.41) is 8.99. The van der Waals surface area contributed by atoms with E-state index in [0.717, 1.165) is 4.47 Å². The molecule has 0 saturated heterocycles. The predicted molar refractivity (Wildman–Crippen MR) is 86.6 cm³/mol. The van der Waals surface area contributed by atoms with Crippen LogP contribution in [0.15, 0.2) is 28.2 Å². The van der Waals surface area contributed by atoms with Crippen LogP contribution >= 0.6 is 28.1 Å². The number of carbonyl (C=O) groups is 1. The Balaban J connectivity index is 3.03. The van der Waals surface area contributed by atoms with Crippen LogP contribution in [0.1, 0.15) is 12.5 Å². The van der Waals surface area contributed by atoms with Crippen molar-refractivity contribution in [3.8, 4) is 11.8 Å². The van der Waals surface area contributed by atoms with Gasteiger partial charge >= 0.3 is 5.97 Å². The van der Waals surface area contributed by atoms with E-state index < -0.39 is 5.97 Å². The summed E-state index contributed by atoms with van der Waals surface area (Å²) in [5.41, 5.74) is 6.20. The minimum absolute atomic E-state index is 0.00572. The Hall–Kier alpha value is -1.91. The molecule has 5 nitrogen and oxygen atoms in total. The molecule has 1 aromatic carbocycles. The van der Waals surface area contributed by atoms with E-state index in [-0.39, 0.29) is 23.8 Å². The Bertz CT molecular complexity index is 623. The van der Waals surface area contributed by atoms with Crippen molar-refractivity contribution in [2.75, 3.05) is 13.2 Å². The van der Waals surface area contributed by atoms with Crippen LogP contribution in [0.2, 0.25) is 0 Å². The molecule has 0 atom stereocenters. The van der Waals surface area contributed by atoms with Gasteiger partial charge < -0.3 is 15.2 Å². The standard InChI is InChI=1S/C14H13BrN2O3S/c1-2-19-13(18)8-20-12-4-3-11(15)6-9(12)5-10(7-16)14(17)21/h3-6H,2,8H2,1H3,(H2,17,21)/b10-5+. The van der Waals surface area contributed by atoms with E-state index in [4.69, 9.17) is 32.7 Å². The minimum Gasteiger partial charge on any atom is -0.481 e. The first-order valence-corrected chi connectivity index (χ1v) is 7.17. The number of benzene rings is 1. The highest BCUT2D eigenvalue weighted by atomic mass is 79.9. The van der Waals surface area contributed by atoms with Crippen LogP contribution < -0.4 is 10.5 Å². The van der Waals surface area contributed by atoms with E-state index >= 15 is 0 Å². The molecule has 7 heteroatoms. The summed E-state index contributed by atoms with van der Waals surface area (Å²) in [4.78, 5) is 11.3. The summed E-state index contributed by atoms with van der Waals surface area (Å²) >= 11 is 8.12. The molecule has 0 aromatic heterocycles. The van der Waals surface area contributed by atoms with E-state index in [9.17, 15) is 4.79 Å². The van der Waals surface area contributed by atoms with E-state index in [0.29, 0.717) is 11.3 Å². The normalized spacial score (nSPS) is 10.6. The molecule has 0 heterocycles. The van der Waals surface area contributed by atoms with E-state index in [1.165, 1.54) is 6.08 Å². The van der Waals surface area contributed by atoms with Gasteiger partial charge in [0, 0.05) is 10.0 Å². The van der Waals surface area contributed by atoms with Gasteiger partial charge in [0.1, 0.15) is 16.8 Å². The second-order valence-electron chi connectivity index (χ2n) is 3.81. The van der Waals surface area contributed by atoms with Crippen LogP contribution in [0.25, 0.3) is 6.08 Å². The number of nitrogens with two attached hydrogens (primary N) is 1. The maximum Gasteiger partial charge on any atom is 0.344 e. The van der Waals surface area contributed by atoms with Crippen molar-refractivity contribution in [1.29, 1.82) is 5.26 Å². The molecule has 0 aliphatic heterocycles. The average Bonchev–Trinajstić information content (AvgIpc) is 2.43. The maximum atomic E-state index is 11.3. The molecule has 0 radical (unpaired) electrons. The molecule has 110 valence electrons. The van der Waals surface area contributed by atoms with Crippen LogP contribution in [0, 0.1) is 11.3 Å². The fourth-order valence-electron chi connectivity index (χ4n) is 1.42. The highest BCUT2D eigenvalue weighted by Gasteiger charge is 2.09. The van der Waals surface area contributed by atoms with Crippen LogP contribution in [0.3, 0.4) is 0 Å². The number of hydrogen-bond acceptors (Lipinski definition) is 5. The topological polar surface area (TPSA) is 85.3 Å². The molecule has 21 heavy (non-hydrogen) atoms. The van der Waals surface area contributed by atoms with E-state index in [1.807, 2.05) is 6.07 Å². The molecule has 0 spiro atoms. The molecule has 0 bridgehead atoms. The lowest BCUT2D eigenvalue weighted by Crippen LogP contribution is -2.15. The lowest BCUT2D eigenvalue weighted by atomic mass is 10.1. The first-order chi connectivity index (χ1) is 9.97. The lowest BCUT2D eigenvalue weighted by Gasteiger charge is -2.09. The number of nitriles is 1. The van der Waals surface area contributed by atoms with Gasteiger partial charge in [0.15, 0.2) is 6.61 Å². The average molecular weight is 369 g/mol. The van der Waals surface area contributed by atoms with Gasteiger partial charge in [-0.15, -0.1) is 0 Å². The molecule has 0 unspecified atom stereocenters. The summed E-state index contributed by atoms with van der Waals surface area (Å²) < 4.78 is 11.0. The molecule has 0 fully saturated rings. The maximum absolute atomic E-state index is 11.3. The van der Waals surface area contributed by atoms with Gasteiger partial charge in [-0.2, -0.15) is 5.26 Å². The Labute approximate surface area is 136 Å². The van der Waals surface area contributed by atoms with Crippen molar-refractivity contribution in [3.05, 3.63) is 33.8 Å². The number of ether oxygens (including phenoxy) is 2. The van der Waals surface area contributed by atoms with Crippen molar-refractivity contribution < 1.29 is 14.3 Å². The first-order valence-electron chi connectivity index (χ1n) is 5.97. The second-order valence-corrected chi connectivity index (χ2v) is 5.17. The summed E-state index contributed by atoms with van der Waals surface area (Å²) in [5.74, 6) is -0.0412. The summed E-state index contributed by atoms with van der Waals surface area (Å²) in [6, 6.07) is 7.07.